The Hall–Kier alpha value is -2.71. The molecule has 1 N–H and O–H groups in total. The van der Waals surface area contributed by atoms with E-state index >= 15 is 0 Å². The molecule has 0 aliphatic heterocycles. The topological polar surface area (TPSA) is 78.3 Å². The molecule has 0 bridgehead atoms. The van der Waals surface area contributed by atoms with Gasteiger partial charge in [-0.25, -0.2) is 9.67 Å². The Bertz CT molecular complexity index is 912. The van der Waals surface area contributed by atoms with Crippen LogP contribution in [0, 0.1) is 0 Å². The first-order chi connectivity index (χ1) is 13.7. The van der Waals surface area contributed by atoms with E-state index in [4.69, 9.17) is 9.47 Å². The highest BCUT2D eigenvalue weighted by atomic mass is 79.9. The van der Waals surface area contributed by atoms with Crippen LogP contribution in [0.1, 0.15) is 22.8 Å². The minimum absolute atomic E-state index is 0.242. The van der Waals surface area contributed by atoms with Crippen molar-refractivity contribution in [1.29, 1.82) is 0 Å². The van der Waals surface area contributed by atoms with Crippen molar-refractivity contribution in [3.05, 3.63) is 70.5 Å². The van der Waals surface area contributed by atoms with Gasteiger partial charge in [-0.1, -0.05) is 40.2 Å². The summed E-state index contributed by atoms with van der Waals surface area (Å²) in [5.41, 5.74) is 1.50. The number of hydrogen-bond donors (Lipinski definition) is 1. The van der Waals surface area contributed by atoms with Gasteiger partial charge in [-0.3, -0.25) is 10.1 Å². The molecular weight excluding hydrogens is 424 g/mol. The molecule has 0 fully saturated rings. The highest BCUT2D eigenvalue weighted by Gasteiger charge is 2.14. The Labute approximate surface area is 171 Å². The molecule has 0 atom stereocenters. The van der Waals surface area contributed by atoms with Gasteiger partial charge >= 0.3 is 0 Å². The van der Waals surface area contributed by atoms with Crippen molar-refractivity contribution in [3.63, 3.8) is 0 Å². The number of halogens is 1. The number of aromatic nitrogens is 3. The predicted octanol–water partition coefficient (Wildman–Crippen LogP) is 3.76. The van der Waals surface area contributed by atoms with Gasteiger partial charge in [-0.15, -0.1) is 5.10 Å². The average molecular weight is 445 g/mol. The summed E-state index contributed by atoms with van der Waals surface area (Å²) in [5.74, 6) is 0.411. The molecule has 1 amide bonds. The summed E-state index contributed by atoms with van der Waals surface area (Å²) in [5, 5.41) is 7.03. The number of anilines is 1. The van der Waals surface area contributed by atoms with Crippen molar-refractivity contribution < 1.29 is 14.3 Å². The molecule has 2 aromatic carbocycles. The van der Waals surface area contributed by atoms with Crippen molar-refractivity contribution >= 4 is 27.8 Å². The molecule has 0 saturated carbocycles. The fourth-order valence-corrected chi connectivity index (χ4v) is 2.77. The normalized spacial score (nSPS) is 10.6. The number of ether oxygens (including phenoxy) is 2. The lowest BCUT2D eigenvalue weighted by Crippen LogP contribution is -2.16. The van der Waals surface area contributed by atoms with Crippen LogP contribution in [0.15, 0.2) is 59.3 Å². The molecule has 0 saturated heterocycles. The van der Waals surface area contributed by atoms with Gasteiger partial charge in [0.1, 0.15) is 18.7 Å². The maximum Gasteiger partial charge on any atom is 0.261 e. The van der Waals surface area contributed by atoms with Gasteiger partial charge in [0.2, 0.25) is 5.95 Å². The second kappa shape index (κ2) is 10.0. The Morgan fingerprint density at radius 1 is 1.14 bits per heavy atom. The molecule has 0 radical (unpaired) electrons. The molecule has 0 unspecified atom stereocenters. The van der Waals surface area contributed by atoms with Gasteiger partial charge in [-0.05, 0) is 36.8 Å². The summed E-state index contributed by atoms with van der Waals surface area (Å²) < 4.78 is 13.6. The Morgan fingerprint density at radius 2 is 1.93 bits per heavy atom. The number of nitrogens with one attached hydrogen (secondary N) is 1. The lowest BCUT2D eigenvalue weighted by Gasteiger charge is -2.10. The Kier molecular flexibility index (Phi) is 7.16. The molecule has 8 heteroatoms. The molecule has 146 valence electrons. The zero-order valence-corrected chi connectivity index (χ0v) is 17.1. The van der Waals surface area contributed by atoms with E-state index in [1.54, 1.807) is 29.2 Å². The van der Waals surface area contributed by atoms with Crippen molar-refractivity contribution in [2.75, 3.05) is 25.1 Å². The highest BCUT2D eigenvalue weighted by Crippen LogP contribution is 2.19. The molecule has 7 nitrogen and oxygen atoms in total. The van der Waals surface area contributed by atoms with E-state index in [1.807, 2.05) is 37.3 Å². The molecule has 3 rings (SSSR count). The molecule has 3 aromatic rings. The quantitative estimate of drug-likeness (QED) is 0.508. The van der Waals surface area contributed by atoms with E-state index in [1.165, 1.54) is 0 Å². The van der Waals surface area contributed by atoms with Gasteiger partial charge in [0.25, 0.3) is 5.91 Å². The molecule has 1 aromatic heterocycles. The summed E-state index contributed by atoms with van der Waals surface area (Å²) >= 11 is 3.41. The summed E-state index contributed by atoms with van der Waals surface area (Å²) in [6, 6.07) is 15.0. The number of rotatable bonds is 9. The lowest BCUT2D eigenvalue weighted by molar-refractivity contribution is 0.0997. The summed E-state index contributed by atoms with van der Waals surface area (Å²) in [6.07, 6.45) is 1.59. The predicted molar refractivity (Wildman–Crippen MR) is 110 cm³/mol. The van der Waals surface area contributed by atoms with Crippen LogP contribution in [0.2, 0.25) is 0 Å². The molecule has 0 spiro atoms. The smallest absolute Gasteiger partial charge is 0.261 e. The maximum absolute atomic E-state index is 12.6. The Balaban J connectivity index is 1.62. The number of amides is 1. The lowest BCUT2D eigenvalue weighted by atomic mass is 10.2. The third-order valence-electron chi connectivity index (χ3n) is 3.84. The third-order valence-corrected chi connectivity index (χ3v) is 4.37. The fraction of sp³-hybridized carbons (Fsp3) is 0.250. The molecular formula is C20H21BrN4O3. The number of carbonyl (C=O) groups is 1. The standard InChI is InChI=1S/C20H21BrN4O3/c1-2-27-11-12-28-18-6-4-3-5-17(18)19(26)23-20-22-14-25(24-20)13-15-7-9-16(21)10-8-15/h3-10,14H,2,11-13H2,1H3,(H,23,24,26). The van der Waals surface area contributed by atoms with Crippen LogP contribution in [0.4, 0.5) is 5.95 Å². The van der Waals surface area contributed by atoms with E-state index in [-0.39, 0.29) is 11.9 Å². The van der Waals surface area contributed by atoms with Crippen LogP contribution < -0.4 is 10.1 Å². The first-order valence-electron chi connectivity index (χ1n) is 8.90. The fourth-order valence-electron chi connectivity index (χ4n) is 2.51. The van der Waals surface area contributed by atoms with Crippen LogP contribution in [0.25, 0.3) is 0 Å². The van der Waals surface area contributed by atoms with Crippen LogP contribution in [-0.2, 0) is 11.3 Å². The molecule has 0 aliphatic carbocycles. The number of hydrogen-bond acceptors (Lipinski definition) is 5. The number of nitrogens with zero attached hydrogens (tertiary/aromatic N) is 3. The Morgan fingerprint density at radius 3 is 2.71 bits per heavy atom. The summed E-state index contributed by atoms with van der Waals surface area (Å²) in [6.45, 7) is 3.95. The van der Waals surface area contributed by atoms with Crippen LogP contribution >= 0.6 is 15.9 Å². The van der Waals surface area contributed by atoms with Gasteiger partial charge in [0, 0.05) is 11.1 Å². The monoisotopic (exact) mass is 444 g/mol. The number of para-hydroxylation sites is 1. The average Bonchev–Trinajstić information content (AvgIpc) is 3.14. The van der Waals surface area contributed by atoms with Crippen molar-refractivity contribution in [1.82, 2.24) is 14.8 Å². The van der Waals surface area contributed by atoms with E-state index in [0.717, 1.165) is 10.0 Å². The molecule has 1 heterocycles. The van der Waals surface area contributed by atoms with Crippen LogP contribution in [0.5, 0.6) is 5.75 Å². The number of benzene rings is 2. The van der Waals surface area contributed by atoms with Crippen LogP contribution in [-0.4, -0.2) is 40.5 Å². The summed E-state index contributed by atoms with van der Waals surface area (Å²) in [4.78, 5) is 16.8. The maximum atomic E-state index is 12.6. The molecule has 0 aliphatic rings. The number of carbonyl (C=O) groups excluding carboxylic acids is 1. The second-order valence-electron chi connectivity index (χ2n) is 5.89. The van der Waals surface area contributed by atoms with Gasteiger partial charge < -0.3 is 9.47 Å². The van der Waals surface area contributed by atoms with Gasteiger partial charge in [0.15, 0.2) is 0 Å². The zero-order valence-electron chi connectivity index (χ0n) is 15.5. The van der Waals surface area contributed by atoms with Gasteiger partial charge in [0.05, 0.1) is 18.7 Å². The minimum Gasteiger partial charge on any atom is -0.490 e. The van der Waals surface area contributed by atoms with Gasteiger partial charge in [-0.2, -0.15) is 0 Å². The SMILES string of the molecule is CCOCCOc1ccccc1C(=O)Nc1ncn(Cc2ccc(Br)cc2)n1. The van der Waals surface area contributed by atoms with E-state index in [2.05, 4.69) is 31.3 Å². The highest BCUT2D eigenvalue weighted by molar-refractivity contribution is 9.10. The zero-order chi connectivity index (χ0) is 19.8. The first kappa shape index (κ1) is 20.0. The van der Waals surface area contributed by atoms with Crippen molar-refractivity contribution in [2.24, 2.45) is 0 Å². The third kappa shape index (κ3) is 5.64. The second-order valence-corrected chi connectivity index (χ2v) is 6.80. The summed E-state index contributed by atoms with van der Waals surface area (Å²) in [7, 11) is 0. The first-order valence-corrected chi connectivity index (χ1v) is 9.70. The minimum atomic E-state index is -0.326. The van der Waals surface area contributed by atoms with E-state index in [0.29, 0.717) is 37.7 Å². The van der Waals surface area contributed by atoms with Crippen molar-refractivity contribution in [2.45, 2.75) is 13.5 Å². The van der Waals surface area contributed by atoms with E-state index < -0.39 is 0 Å². The van der Waals surface area contributed by atoms with Crippen molar-refractivity contribution in [3.8, 4) is 5.75 Å². The van der Waals surface area contributed by atoms with E-state index in [9.17, 15) is 4.79 Å². The molecule has 28 heavy (non-hydrogen) atoms. The van der Waals surface area contributed by atoms with Crippen LogP contribution in [0.3, 0.4) is 0 Å². The largest absolute Gasteiger partial charge is 0.490 e.